The lowest BCUT2D eigenvalue weighted by atomic mass is 9.64. The average Bonchev–Trinajstić information content (AvgIpc) is 2.59. The van der Waals surface area contributed by atoms with E-state index in [1.807, 2.05) is 6.92 Å². The normalized spacial score (nSPS) is 21.6. The largest absolute Gasteiger partial charge is 0.493 e. The second-order valence-corrected chi connectivity index (χ2v) is 6.44. The molecular weight excluding hydrogens is 310 g/mol. The lowest BCUT2D eigenvalue weighted by molar-refractivity contribution is -0.111. The Kier molecular flexibility index (Phi) is 5.59. The zero-order valence-corrected chi connectivity index (χ0v) is 15.3. The molecule has 0 heterocycles. The fraction of sp³-hybridized carbons (Fsp3) is 0.611. The molecule has 1 aliphatic carbocycles. The molecule has 6 heteroatoms. The summed E-state index contributed by atoms with van der Waals surface area (Å²) in [5.74, 6) is 1.23. The number of rotatable bonds is 7. The van der Waals surface area contributed by atoms with E-state index in [1.54, 1.807) is 12.1 Å². The highest BCUT2D eigenvalue weighted by Gasteiger charge is 2.49. The fourth-order valence-corrected chi connectivity index (χ4v) is 3.07. The second-order valence-electron chi connectivity index (χ2n) is 6.44. The van der Waals surface area contributed by atoms with Crippen molar-refractivity contribution < 1.29 is 23.7 Å². The molecular formula is C18H27NO5. The van der Waals surface area contributed by atoms with Crippen molar-refractivity contribution in [2.45, 2.75) is 39.3 Å². The van der Waals surface area contributed by atoms with E-state index in [4.69, 9.17) is 18.9 Å². The van der Waals surface area contributed by atoms with Crippen LogP contribution in [0.1, 0.15) is 37.6 Å². The number of carbonyl (C=O) groups excluding carboxylic acids is 1. The van der Waals surface area contributed by atoms with Gasteiger partial charge in [-0.1, -0.05) is 13.8 Å². The highest BCUT2D eigenvalue weighted by atomic mass is 16.5. The van der Waals surface area contributed by atoms with Crippen LogP contribution < -0.4 is 19.5 Å². The predicted molar refractivity (Wildman–Crippen MR) is 91.2 cm³/mol. The first-order chi connectivity index (χ1) is 11.4. The minimum atomic E-state index is -0.165. The van der Waals surface area contributed by atoms with Gasteiger partial charge in [-0.2, -0.15) is 0 Å². The molecule has 0 unspecified atom stereocenters. The maximum atomic E-state index is 12.6. The first-order valence-corrected chi connectivity index (χ1v) is 8.11. The quantitative estimate of drug-likeness (QED) is 0.828. The van der Waals surface area contributed by atoms with Gasteiger partial charge in [0.25, 0.3) is 5.91 Å². The van der Waals surface area contributed by atoms with Crippen molar-refractivity contribution in [3.8, 4) is 17.2 Å². The Hall–Kier alpha value is -1.95. The predicted octanol–water partition coefficient (Wildman–Crippen LogP) is 2.65. The molecule has 1 N–H and O–H groups in total. The third-order valence-electron chi connectivity index (χ3n) is 4.78. The van der Waals surface area contributed by atoms with Gasteiger partial charge < -0.3 is 24.3 Å². The molecule has 2 rings (SSSR count). The van der Waals surface area contributed by atoms with Crippen LogP contribution in [0.4, 0.5) is 0 Å². The minimum absolute atomic E-state index is 0.0700. The van der Waals surface area contributed by atoms with Crippen LogP contribution in [0.5, 0.6) is 17.2 Å². The molecule has 1 aliphatic rings. The lowest BCUT2D eigenvalue weighted by Crippen LogP contribution is -2.62. The Morgan fingerprint density at radius 3 is 2.17 bits per heavy atom. The molecule has 1 aromatic rings. The smallest absolute Gasteiger partial charge is 0.251 e. The molecule has 134 valence electrons. The summed E-state index contributed by atoms with van der Waals surface area (Å²) < 4.78 is 21.6. The SMILES string of the molecule is CCO[C@H]1C[C@H](NC(=O)c2cc(OC)c(OC)c(OC)c2)C1(C)C. The van der Waals surface area contributed by atoms with Gasteiger partial charge in [-0.25, -0.2) is 0 Å². The Morgan fingerprint density at radius 2 is 1.75 bits per heavy atom. The van der Waals surface area contributed by atoms with E-state index in [1.165, 1.54) is 21.3 Å². The average molecular weight is 337 g/mol. The number of amides is 1. The van der Waals surface area contributed by atoms with Gasteiger partial charge in [0.15, 0.2) is 11.5 Å². The van der Waals surface area contributed by atoms with Crippen molar-refractivity contribution in [1.29, 1.82) is 0 Å². The molecule has 1 amide bonds. The summed E-state index contributed by atoms with van der Waals surface area (Å²) in [5.41, 5.74) is 0.381. The van der Waals surface area contributed by atoms with E-state index in [-0.39, 0.29) is 23.5 Å². The summed E-state index contributed by atoms with van der Waals surface area (Å²) >= 11 is 0. The summed E-state index contributed by atoms with van der Waals surface area (Å²) in [5, 5.41) is 3.08. The molecule has 6 nitrogen and oxygen atoms in total. The van der Waals surface area contributed by atoms with Gasteiger partial charge >= 0.3 is 0 Å². The van der Waals surface area contributed by atoms with Crippen LogP contribution >= 0.6 is 0 Å². The zero-order valence-electron chi connectivity index (χ0n) is 15.3. The zero-order chi connectivity index (χ0) is 17.9. The molecule has 0 radical (unpaired) electrons. The third-order valence-corrected chi connectivity index (χ3v) is 4.78. The highest BCUT2D eigenvalue weighted by Crippen LogP contribution is 2.43. The minimum Gasteiger partial charge on any atom is -0.493 e. The number of methoxy groups -OCH3 is 3. The highest BCUT2D eigenvalue weighted by molar-refractivity contribution is 5.96. The number of hydrogen-bond acceptors (Lipinski definition) is 5. The number of nitrogens with one attached hydrogen (secondary N) is 1. The summed E-state index contributed by atoms with van der Waals surface area (Å²) in [7, 11) is 4.59. The molecule has 0 spiro atoms. The van der Waals surface area contributed by atoms with Gasteiger partial charge in [-0.3, -0.25) is 4.79 Å². The van der Waals surface area contributed by atoms with E-state index in [0.29, 0.717) is 29.4 Å². The number of carbonyl (C=O) groups is 1. The van der Waals surface area contributed by atoms with Crippen molar-refractivity contribution in [1.82, 2.24) is 5.32 Å². The number of hydrogen-bond donors (Lipinski definition) is 1. The summed E-state index contributed by atoms with van der Waals surface area (Å²) in [6.07, 6.45) is 0.990. The van der Waals surface area contributed by atoms with Crippen molar-refractivity contribution in [2.24, 2.45) is 5.41 Å². The molecule has 1 saturated carbocycles. The first-order valence-electron chi connectivity index (χ1n) is 8.11. The topological polar surface area (TPSA) is 66.0 Å². The maximum absolute atomic E-state index is 12.6. The Morgan fingerprint density at radius 1 is 1.17 bits per heavy atom. The van der Waals surface area contributed by atoms with Crippen LogP contribution in [-0.2, 0) is 4.74 Å². The molecule has 0 saturated heterocycles. The Balaban J connectivity index is 2.16. The summed E-state index contributed by atoms with van der Waals surface area (Å²) in [6.45, 7) is 6.88. The number of ether oxygens (including phenoxy) is 4. The molecule has 0 aliphatic heterocycles. The molecule has 24 heavy (non-hydrogen) atoms. The van der Waals surface area contributed by atoms with E-state index in [2.05, 4.69) is 19.2 Å². The third kappa shape index (κ3) is 3.29. The van der Waals surface area contributed by atoms with Gasteiger partial charge in [0.05, 0.1) is 27.4 Å². The van der Waals surface area contributed by atoms with Crippen LogP contribution in [0.3, 0.4) is 0 Å². The van der Waals surface area contributed by atoms with Gasteiger partial charge in [0.1, 0.15) is 0 Å². The van der Waals surface area contributed by atoms with E-state index in [9.17, 15) is 4.79 Å². The van der Waals surface area contributed by atoms with E-state index < -0.39 is 0 Å². The van der Waals surface area contributed by atoms with Crippen LogP contribution in [0.15, 0.2) is 12.1 Å². The standard InChI is InChI=1S/C18H27NO5/c1-7-24-15-10-14(18(15,2)3)19-17(20)11-8-12(21-4)16(23-6)13(9-11)22-5/h8-9,14-15H,7,10H2,1-6H3,(H,19,20)/t14-,15-/m0/s1. The van der Waals surface area contributed by atoms with Crippen LogP contribution in [0.2, 0.25) is 0 Å². The monoisotopic (exact) mass is 337 g/mol. The molecule has 0 aromatic heterocycles. The van der Waals surface area contributed by atoms with E-state index >= 15 is 0 Å². The molecule has 1 fully saturated rings. The van der Waals surface area contributed by atoms with Crippen molar-refractivity contribution in [3.63, 3.8) is 0 Å². The van der Waals surface area contributed by atoms with Crippen molar-refractivity contribution in [3.05, 3.63) is 17.7 Å². The fourth-order valence-electron chi connectivity index (χ4n) is 3.07. The van der Waals surface area contributed by atoms with Crippen LogP contribution in [0, 0.1) is 5.41 Å². The molecule has 0 bridgehead atoms. The van der Waals surface area contributed by atoms with Gasteiger partial charge in [0.2, 0.25) is 5.75 Å². The van der Waals surface area contributed by atoms with Gasteiger partial charge in [0, 0.05) is 23.6 Å². The maximum Gasteiger partial charge on any atom is 0.251 e. The number of benzene rings is 1. The van der Waals surface area contributed by atoms with Crippen LogP contribution in [0.25, 0.3) is 0 Å². The lowest BCUT2D eigenvalue weighted by Gasteiger charge is -2.51. The van der Waals surface area contributed by atoms with E-state index in [0.717, 1.165) is 6.42 Å². The molecule has 1 aromatic carbocycles. The second kappa shape index (κ2) is 7.30. The summed E-state index contributed by atoms with van der Waals surface area (Å²) in [6, 6.07) is 3.38. The Bertz CT molecular complexity index is 574. The van der Waals surface area contributed by atoms with Gasteiger partial charge in [-0.05, 0) is 25.5 Å². The van der Waals surface area contributed by atoms with Gasteiger partial charge in [-0.15, -0.1) is 0 Å². The summed E-state index contributed by atoms with van der Waals surface area (Å²) in [4.78, 5) is 12.6. The first kappa shape index (κ1) is 18.4. The Labute approximate surface area is 143 Å². The van der Waals surface area contributed by atoms with Crippen molar-refractivity contribution >= 4 is 5.91 Å². The van der Waals surface area contributed by atoms with Crippen molar-refractivity contribution in [2.75, 3.05) is 27.9 Å². The molecule has 2 atom stereocenters. The van der Waals surface area contributed by atoms with Crippen LogP contribution in [-0.4, -0.2) is 46.0 Å².